The minimum atomic E-state index is -3.66. The molecule has 9 heteroatoms. The molecule has 1 aromatic rings. The summed E-state index contributed by atoms with van der Waals surface area (Å²) in [6, 6.07) is 7.25. The van der Waals surface area contributed by atoms with Gasteiger partial charge in [-0.1, -0.05) is 12.1 Å². The molecular formula is C22H29N3O4S2. The van der Waals surface area contributed by atoms with Crippen molar-refractivity contribution in [2.75, 3.05) is 37.7 Å². The number of carbonyl (C=O) groups excluding carboxylic acids is 1. The molecule has 0 N–H and O–H groups in total. The van der Waals surface area contributed by atoms with Crippen molar-refractivity contribution in [1.82, 2.24) is 9.80 Å². The number of likely N-dealkylation sites (tertiary alicyclic amines) is 1. The molecule has 0 saturated carbocycles. The maximum Gasteiger partial charge on any atom is 0.285 e. The third kappa shape index (κ3) is 4.24. The van der Waals surface area contributed by atoms with Gasteiger partial charge < -0.3 is 14.5 Å². The van der Waals surface area contributed by atoms with Gasteiger partial charge in [0.2, 0.25) is 5.91 Å². The van der Waals surface area contributed by atoms with Gasteiger partial charge in [-0.3, -0.25) is 4.79 Å². The fourth-order valence-electron chi connectivity index (χ4n) is 5.12. The Bertz CT molecular complexity index is 969. The van der Waals surface area contributed by atoms with Crippen molar-refractivity contribution in [2.24, 2.45) is 10.3 Å². The Hall–Kier alpha value is -1.58. The molecule has 4 aliphatic rings. The van der Waals surface area contributed by atoms with E-state index in [1.807, 2.05) is 28.8 Å². The van der Waals surface area contributed by atoms with Gasteiger partial charge in [-0.2, -0.15) is 20.2 Å². The van der Waals surface area contributed by atoms with Crippen molar-refractivity contribution in [3.8, 4) is 0 Å². The van der Waals surface area contributed by atoms with Crippen molar-refractivity contribution in [3.63, 3.8) is 0 Å². The lowest BCUT2D eigenvalue weighted by atomic mass is 9.94. The molecular weight excluding hydrogens is 434 g/mol. The van der Waals surface area contributed by atoms with E-state index in [4.69, 9.17) is 4.74 Å². The molecule has 3 saturated heterocycles. The first-order valence-corrected chi connectivity index (χ1v) is 13.8. The van der Waals surface area contributed by atoms with Gasteiger partial charge >= 0.3 is 0 Å². The van der Waals surface area contributed by atoms with Crippen LogP contribution in [0.2, 0.25) is 0 Å². The highest BCUT2D eigenvalue weighted by Gasteiger charge is 2.38. The second-order valence-corrected chi connectivity index (χ2v) is 11.5. The number of ether oxygens (including phenoxy) is 1. The normalized spacial score (nSPS) is 29.6. The minimum absolute atomic E-state index is 0.140. The number of amidine groups is 1. The van der Waals surface area contributed by atoms with Gasteiger partial charge in [-0.25, -0.2) is 0 Å². The second kappa shape index (κ2) is 8.75. The van der Waals surface area contributed by atoms with Crippen LogP contribution in [-0.2, 0) is 19.6 Å². The van der Waals surface area contributed by atoms with Gasteiger partial charge in [-0.05, 0) is 50.0 Å². The predicted octanol–water partition coefficient (Wildman–Crippen LogP) is 2.36. The van der Waals surface area contributed by atoms with E-state index in [1.54, 1.807) is 12.1 Å². The Morgan fingerprint density at radius 2 is 2.10 bits per heavy atom. The summed E-state index contributed by atoms with van der Waals surface area (Å²) in [6.07, 6.45) is 4.95. The van der Waals surface area contributed by atoms with E-state index >= 15 is 0 Å². The van der Waals surface area contributed by atoms with Crippen LogP contribution in [0.1, 0.15) is 37.7 Å². The highest BCUT2D eigenvalue weighted by molar-refractivity contribution is 7.99. The SMILES string of the molecule is O=C(C1CCCN(C2=NS(=O)(=O)c3ccccc32)C1)N(CC1CCCO1)C1CCSC1. The van der Waals surface area contributed by atoms with Crippen molar-refractivity contribution in [1.29, 1.82) is 0 Å². The summed E-state index contributed by atoms with van der Waals surface area (Å²) in [6.45, 7) is 2.70. The first-order chi connectivity index (χ1) is 15.0. The topological polar surface area (TPSA) is 79.3 Å². The fraction of sp³-hybridized carbons (Fsp3) is 0.636. The summed E-state index contributed by atoms with van der Waals surface area (Å²) < 4.78 is 34.9. The average Bonchev–Trinajstić information content (AvgIpc) is 3.53. The fourth-order valence-corrected chi connectivity index (χ4v) is 7.57. The minimum Gasteiger partial charge on any atom is -0.376 e. The largest absolute Gasteiger partial charge is 0.376 e. The zero-order valence-corrected chi connectivity index (χ0v) is 19.2. The van der Waals surface area contributed by atoms with Crippen molar-refractivity contribution in [2.45, 2.75) is 49.1 Å². The van der Waals surface area contributed by atoms with Gasteiger partial charge in [0.05, 0.1) is 12.0 Å². The van der Waals surface area contributed by atoms with Gasteiger partial charge in [0.25, 0.3) is 10.0 Å². The molecule has 0 aliphatic carbocycles. The Balaban J connectivity index is 1.35. The first kappa shape index (κ1) is 21.3. The van der Waals surface area contributed by atoms with E-state index in [2.05, 4.69) is 9.30 Å². The summed E-state index contributed by atoms with van der Waals surface area (Å²) in [4.78, 5) is 18.0. The van der Waals surface area contributed by atoms with E-state index in [9.17, 15) is 13.2 Å². The molecule has 1 amide bonds. The van der Waals surface area contributed by atoms with Crippen molar-refractivity contribution < 1.29 is 17.9 Å². The number of sulfonamides is 1. The Morgan fingerprint density at radius 1 is 1.23 bits per heavy atom. The second-order valence-electron chi connectivity index (χ2n) is 8.81. The van der Waals surface area contributed by atoms with Crippen LogP contribution in [-0.4, -0.2) is 79.9 Å². The third-order valence-corrected chi connectivity index (χ3v) is 9.21. The van der Waals surface area contributed by atoms with E-state index in [0.29, 0.717) is 24.5 Å². The maximum absolute atomic E-state index is 13.7. The highest BCUT2D eigenvalue weighted by atomic mass is 32.2. The number of rotatable bonds is 4. The molecule has 4 aliphatic heterocycles. The third-order valence-electron chi connectivity index (χ3n) is 6.74. The van der Waals surface area contributed by atoms with E-state index < -0.39 is 10.0 Å². The van der Waals surface area contributed by atoms with Crippen molar-refractivity contribution in [3.05, 3.63) is 29.8 Å². The average molecular weight is 464 g/mol. The molecule has 1 aromatic carbocycles. The van der Waals surface area contributed by atoms with Crippen LogP contribution in [0.25, 0.3) is 0 Å². The number of fused-ring (bicyclic) bond motifs is 1. The van der Waals surface area contributed by atoms with E-state index in [1.165, 1.54) is 0 Å². The van der Waals surface area contributed by atoms with Gasteiger partial charge in [0, 0.05) is 43.6 Å². The molecule has 3 unspecified atom stereocenters. The highest BCUT2D eigenvalue weighted by Crippen LogP contribution is 2.32. The maximum atomic E-state index is 13.7. The molecule has 0 bridgehead atoms. The molecule has 5 rings (SSSR count). The number of amides is 1. The number of nitrogens with zero attached hydrogens (tertiary/aromatic N) is 3. The van der Waals surface area contributed by atoms with Crippen LogP contribution in [0.3, 0.4) is 0 Å². The number of piperidine rings is 1. The molecule has 0 aromatic heterocycles. The number of carbonyl (C=O) groups is 1. The molecule has 0 spiro atoms. The number of hydrogen-bond acceptors (Lipinski definition) is 6. The number of thioether (sulfide) groups is 1. The summed E-state index contributed by atoms with van der Waals surface area (Å²) in [5.41, 5.74) is 0.652. The summed E-state index contributed by atoms with van der Waals surface area (Å²) >= 11 is 1.91. The lowest BCUT2D eigenvalue weighted by Gasteiger charge is -2.38. The zero-order valence-electron chi connectivity index (χ0n) is 17.6. The van der Waals surface area contributed by atoms with Gasteiger partial charge in [0.15, 0.2) is 5.84 Å². The molecule has 3 atom stereocenters. The molecule has 4 heterocycles. The predicted molar refractivity (Wildman–Crippen MR) is 121 cm³/mol. The van der Waals surface area contributed by atoms with Crippen LogP contribution in [0.4, 0.5) is 0 Å². The van der Waals surface area contributed by atoms with Crippen LogP contribution in [0, 0.1) is 5.92 Å². The van der Waals surface area contributed by atoms with Crippen LogP contribution in [0.5, 0.6) is 0 Å². The Kier molecular flexibility index (Phi) is 6.00. The van der Waals surface area contributed by atoms with Crippen molar-refractivity contribution >= 4 is 33.5 Å². The molecule has 3 fully saturated rings. The van der Waals surface area contributed by atoms with Crippen LogP contribution < -0.4 is 0 Å². The lowest BCUT2D eigenvalue weighted by Crippen LogP contribution is -2.51. The molecule has 7 nitrogen and oxygen atoms in total. The van der Waals surface area contributed by atoms with Crippen LogP contribution in [0.15, 0.2) is 33.6 Å². The quantitative estimate of drug-likeness (QED) is 0.682. The van der Waals surface area contributed by atoms with E-state index in [-0.39, 0.29) is 28.9 Å². The van der Waals surface area contributed by atoms with E-state index in [0.717, 1.165) is 56.8 Å². The zero-order chi connectivity index (χ0) is 21.4. The smallest absolute Gasteiger partial charge is 0.285 e. The summed E-state index contributed by atoms with van der Waals surface area (Å²) in [5.74, 6) is 2.65. The standard InChI is InChI=1S/C22H29N3O4S2/c26-22(25(17-9-12-30-15-17)14-18-6-4-11-29-18)16-5-3-10-24(13-16)21-19-7-1-2-8-20(19)31(27,28)23-21/h1-2,7-8,16-18H,3-6,9-15H2. The summed E-state index contributed by atoms with van der Waals surface area (Å²) in [7, 11) is -3.66. The number of benzene rings is 1. The number of hydrogen-bond donors (Lipinski definition) is 0. The van der Waals surface area contributed by atoms with Crippen LogP contribution >= 0.6 is 11.8 Å². The monoisotopic (exact) mass is 463 g/mol. The first-order valence-electron chi connectivity index (χ1n) is 11.2. The summed E-state index contributed by atoms with van der Waals surface area (Å²) in [5, 5.41) is 0. The Labute approximate surface area is 188 Å². The Morgan fingerprint density at radius 3 is 2.87 bits per heavy atom. The molecule has 168 valence electrons. The van der Waals surface area contributed by atoms with Gasteiger partial charge in [0.1, 0.15) is 4.90 Å². The molecule has 31 heavy (non-hydrogen) atoms. The molecule has 0 radical (unpaired) electrons. The van der Waals surface area contributed by atoms with Gasteiger partial charge in [-0.15, -0.1) is 4.40 Å². The lowest BCUT2D eigenvalue weighted by molar-refractivity contribution is -0.140.